The molecule has 0 saturated carbocycles. The zero-order valence-corrected chi connectivity index (χ0v) is 31.4. The number of ether oxygens (including phenoxy) is 2. The fourth-order valence-electron chi connectivity index (χ4n) is 4.89. The predicted molar refractivity (Wildman–Crippen MR) is 197 cm³/mol. The summed E-state index contributed by atoms with van der Waals surface area (Å²) in [7, 11) is -4.38. The molecule has 48 heavy (non-hydrogen) atoms. The van der Waals surface area contributed by atoms with Crippen LogP contribution in [-0.4, -0.2) is 49.3 Å². The van der Waals surface area contributed by atoms with E-state index >= 15 is 0 Å². The van der Waals surface area contributed by atoms with Gasteiger partial charge in [0, 0.05) is 19.4 Å². The smallest absolute Gasteiger partial charge is 0.462 e. The summed E-state index contributed by atoms with van der Waals surface area (Å²) in [4.78, 5) is 34.6. The summed E-state index contributed by atoms with van der Waals surface area (Å²) in [6.07, 6.45) is 36.1. The van der Waals surface area contributed by atoms with Crippen LogP contribution in [0.1, 0.15) is 162 Å². The molecule has 0 saturated heterocycles. The van der Waals surface area contributed by atoms with Gasteiger partial charge in [-0.2, -0.15) is 0 Å². The van der Waals surface area contributed by atoms with Crippen molar-refractivity contribution in [2.24, 2.45) is 5.73 Å². The molecule has 0 radical (unpaired) electrons. The van der Waals surface area contributed by atoms with Crippen LogP contribution >= 0.6 is 7.82 Å². The Labute approximate surface area is 293 Å². The molecular weight excluding hydrogens is 629 g/mol. The van der Waals surface area contributed by atoms with E-state index in [-0.39, 0.29) is 32.6 Å². The summed E-state index contributed by atoms with van der Waals surface area (Å²) in [6.45, 7) is 3.63. The van der Waals surface area contributed by atoms with Gasteiger partial charge in [-0.05, 0) is 70.6 Å². The molecule has 3 N–H and O–H groups in total. The highest BCUT2D eigenvalue weighted by Gasteiger charge is 2.25. The average molecular weight is 700 g/mol. The lowest BCUT2D eigenvalue weighted by atomic mass is 10.1. The van der Waals surface area contributed by atoms with Crippen molar-refractivity contribution in [3.8, 4) is 0 Å². The summed E-state index contributed by atoms with van der Waals surface area (Å²) in [5, 5.41) is 0. The summed E-state index contributed by atoms with van der Waals surface area (Å²) >= 11 is 0. The first-order chi connectivity index (χ1) is 23.3. The van der Waals surface area contributed by atoms with Crippen molar-refractivity contribution in [2.45, 2.75) is 168 Å². The summed E-state index contributed by atoms with van der Waals surface area (Å²) in [5.74, 6) is -0.880. The number of hydrogen-bond acceptors (Lipinski definition) is 8. The number of carbonyl (C=O) groups excluding carboxylic acids is 2. The van der Waals surface area contributed by atoms with Gasteiger partial charge in [-0.3, -0.25) is 18.6 Å². The van der Waals surface area contributed by atoms with Gasteiger partial charge in [0.1, 0.15) is 6.61 Å². The third kappa shape index (κ3) is 34.1. The van der Waals surface area contributed by atoms with Crippen molar-refractivity contribution in [2.75, 3.05) is 26.4 Å². The van der Waals surface area contributed by atoms with E-state index in [4.69, 9.17) is 24.3 Å². The van der Waals surface area contributed by atoms with E-state index < -0.39 is 32.5 Å². The van der Waals surface area contributed by atoms with Gasteiger partial charge in [-0.15, -0.1) is 0 Å². The predicted octanol–water partition coefficient (Wildman–Crippen LogP) is 10.2. The quantitative estimate of drug-likeness (QED) is 0.0287. The molecule has 0 aromatic carbocycles. The minimum absolute atomic E-state index is 0.0469. The van der Waals surface area contributed by atoms with Crippen LogP contribution in [0.2, 0.25) is 0 Å². The Hall–Kier alpha value is -1.77. The van der Waals surface area contributed by atoms with Gasteiger partial charge in [0.15, 0.2) is 6.10 Å². The molecule has 0 aliphatic heterocycles. The number of unbranched alkanes of at least 4 members (excludes halogenated alkanes) is 16. The number of esters is 2. The third-order valence-electron chi connectivity index (χ3n) is 7.75. The number of allylic oxidation sites excluding steroid dienone is 6. The summed E-state index contributed by atoms with van der Waals surface area (Å²) < 4.78 is 32.6. The normalized spacial score (nSPS) is 13.8. The number of nitrogens with two attached hydrogens (primary N) is 1. The third-order valence-corrected chi connectivity index (χ3v) is 8.73. The highest BCUT2D eigenvalue weighted by Crippen LogP contribution is 2.43. The number of phosphoric acid groups is 1. The molecule has 2 atom stereocenters. The second-order valence-corrected chi connectivity index (χ2v) is 13.9. The molecule has 0 rings (SSSR count). The van der Waals surface area contributed by atoms with Crippen LogP contribution in [0, 0.1) is 0 Å². The number of rotatable bonds is 35. The van der Waals surface area contributed by atoms with Gasteiger partial charge < -0.3 is 20.1 Å². The Balaban J connectivity index is 4.31. The minimum Gasteiger partial charge on any atom is -0.462 e. The van der Waals surface area contributed by atoms with E-state index in [2.05, 4.69) is 50.3 Å². The van der Waals surface area contributed by atoms with Crippen LogP contribution in [0.4, 0.5) is 0 Å². The first kappa shape index (κ1) is 46.2. The lowest BCUT2D eigenvalue weighted by Crippen LogP contribution is -2.29. The molecule has 0 amide bonds. The minimum atomic E-state index is -4.38. The van der Waals surface area contributed by atoms with Gasteiger partial charge in [-0.25, -0.2) is 4.57 Å². The monoisotopic (exact) mass is 699 g/mol. The van der Waals surface area contributed by atoms with Crippen molar-refractivity contribution >= 4 is 19.8 Å². The standard InChI is InChI=1S/C38H70NO8P/c1-3-5-7-9-11-13-15-17-18-19-21-23-25-27-29-31-38(41)47-36(35-46-48(42,43)45-33-32-39)34-44-37(40)30-28-26-24-22-20-16-14-12-10-8-6-4-2/h12,14,17-18,21,23,36H,3-11,13,15-16,19-20,22,24-35,39H2,1-2H3,(H,42,43)/b14-12+,18-17+,23-21+/t36-/m1/s1. The Morgan fingerprint density at radius 3 is 1.69 bits per heavy atom. The van der Waals surface area contributed by atoms with E-state index in [1.54, 1.807) is 0 Å². The maximum atomic E-state index is 12.5. The SMILES string of the molecule is CCCCC/C=C/CCCCCCCC(=O)OC[C@H](COP(=O)(O)OCCN)OC(=O)CCCC/C=C/C/C=C/CCCCCCCC. The lowest BCUT2D eigenvalue weighted by molar-refractivity contribution is -0.161. The van der Waals surface area contributed by atoms with Crippen LogP contribution < -0.4 is 5.73 Å². The van der Waals surface area contributed by atoms with E-state index in [1.165, 1.54) is 64.2 Å². The van der Waals surface area contributed by atoms with Gasteiger partial charge in [-0.1, -0.05) is 115 Å². The second-order valence-electron chi connectivity index (χ2n) is 12.4. The van der Waals surface area contributed by atoms with Crippen LogP contribution in [0.5, 0.6) is 0 Å². The zero-order chi connectivity index (χ0) is 35.4. The fourth-order valence-corrected chi connectivity index (χ4v) is 5.66. The van der Waals surface area contributed by atoms with Crippen molar-refractivity contribution in [3.05, 3.63) is 36.5 Å². The van der Waals surface area contributed by atoms with Gasteiger partial charge in [0.05, 0.1) is 13.2 Å². The molecule has 0 heterocycles. The van der Waals surface area contributed by atoms with E-state index in [1.807, 2.05) is 0 Å². The second kappa shape index (κ2) is 35.1. The largest absolute Gasteiger partial charge is 0.472 e. The molecule has 0 aromatic heterocycles. The lowest BCUT2D eigenvalue weighted by Gasteiger charge is -2.19. The molecule has 0 aromatic rings. The van der Waals surface area contributed by atoms with E-state index in [9.17, 15) is 19.0 Å². The Morgan fingerprint density at radius 2 is 1.08 bits per heavy atom. The van der Waals surface area contributed by atoms with Crippen LogP contribution in [-0.2, 0) is 32.7 Å². The van der Waals surface area contributed by atoms with Crippen molar-refractivity contribution in [1.82, 2.24) is 0 Å². The Bertz CT molecular complexity index is 892. The molecule has 10 heteroatoms. The van der Waals surface area contributed by atoms with Gasteiger partial charge in [0.25, 0.3) is 0 Å². The molecular formula is C38H70NO8P. The molecule has 9 nitrogen and oxygen atoms in total. The van der Waals surface area contributed by atoms with Gasteiger partial charge >= 0.3 is 19.8 Å². The molecule has 0 aliphatic carbocycles. The molecule has 0 bridgehead atoms. The highest BCUT2D eigenvalue weighted by atomic mass is 31.2. The number of hydrogen-bond donors (Lipinski definition) is 2. The summed E-state index contributed by atoms with van der Waals surface area (Å²) in [6, 6.07) is 0. The maximum absolute atomic E-state index is 12.5. The summed E-state index contributed by atoms with van der Waals surface area (Å²) in [5.41, 5.74) is 5.32. The van der Waals surface area contributed by atoms with Crippen LogP contribution in [0.25, 0.3) is 0 Å². The first-order valence-electron chi connectivity index (χ1n) is 19.0. The number of carbonyl (C=O) groups is 2. The maximum Gasteiger partial charge on any atom is 0.472 e. The molecule has 0 spiro atoms. The van der Waals surface area contributed by atoms with Crippen molar-refractivity contribution in [1.29, 1.82) is 0 Å². The van der Waals surface area contributed by atoms with Gasteiger partial charge in [0.2, 0.25) is 0 Å². The van der Waals surface area contributed by atoms with Crippen LogP contribution in [0.15, 0.2) is 36.5 Å². The first-order valence-corrected chi connectivity index (χ1v) is 20.5. The molecule has 1 unspecified atom stereocenters. The Kier molecular flexibility index (Phi) is 33.8. The average Bonchev–Trinajstić information content (AvgIpc) is 3.07. The molecule has 0 fully saturated rings. The highest BCUT2D eigenvalue weighted by molar-refractivity contribution is 7.47. The van der Waals surface area contributed by atoms with Crippen molar-refractivity contribution in [3.63, 3.8) is 0 Å². The van der Waals surface area contributed by atoms with E-state index in [0.29, 0.717) is 6.42 Å². The zero-order valence-electron chi connectivity index (χ0n) is 30.5. The van der Waals surface area contributed by atoms with Crippen molar-refractivity contribution < 1.29 is 37.6 Å². The van der Waals surface area contributed by atoms with E-state index in [0.717, 1.165) is 64.2 Å². The topological polar surface area (TPSA) is 134 Å². The fraction of sp³-hybridized carbons (Fsp3) is 0.789. The number of phosphoric ester groups is 1. The van der Waals surface area contributed by atoms with Crippen LogP contribution in [0.3, 0.4) is 0 Å². The molecule has 0 aliphatic rings. The Morgan fingerprint density at radius 1 is 0.625 bits per heavy atom. The molecule has 280 valence electrons.